The molecule has 0 saturated carbocycles. The van der Waals surface area contributed by atoms with Crippen LogP contribution in [-0.4, -0.2) is 10.1 Å². The lowest BCUT2D eigenvalue weighted by Gasteiger charge is -2.26. The third-order valence-corrected chi connectivity index (χ3v) is 5.68. The van der Waals surface area contributed by atoms with Crippen LogP contribution in [0.25, 0.3) is 0 Å². The van der Waals surface area contributed by atoms with Crippen molar-refractivity contribution in [2.75, 3.05) is 4.90 Å². The Balaban J connectivity index is 1.46. The van der Waals surface area contributed by atoms with Gasteiger partial charge in [0.05, 0.1) is 18.0 Å². The van der Waals surface area contributed by atoms with Crippen LogP contribution in [0.3, 0.4) is 0 Å². The second-order valence-electron chi connectivity index (χ2n) is 7.37. The van der Waals surface area contributed by atoms with Crippen molar-refractivity contribution in [1.82, 2.24) is 10.3 Å². The van der Waals surface area contributed by atoms with E-state index >= 15 is 0 Å². The first kappa shape index (κ1) is 19.3. The number of anilines is 1. The van der Waals surface area contributed by atoms with E-state index in [0.717, 1.165) is 34.2 Å². The third-order valence-electron chi connectivity index (χ3n) is 5.37. The van der Waals surface area contributed by atoms with Crippen LogP contribution in [0, 0.1) is 6.92 Å². The highest BCUT2D eigenvalue weighted by atomic mass is 32.1. The van der Waals surface area contributed by atoms with Crippen LogP contribution in [0.15, 0.2) is 95.7 Å². The number of aromatic nitrogens is 1. The minimum absolute atomic E-state index is 0.122. The molecule has 1 aliphatic rings. The van der Waals surface area contributed by atoms with Crippen LogP contribution in [0.2, 0.25) is 0 Å². The first-order valence-electron chi connectivity index (χ1n) is 10.1. The summed E-state index contributed by atoms with van der Waals surface area (Å²) in [5.74, 6) is 2.44. The van der Waals surface area contributed by atoms with E-state index in [-0.39, 0.29) is 12.1 Å². The molecule has 3 heterocycles. The summed E-state index contributed by atoms with van der Waals surface area (Å²) in [6.45, 7) is 2.03. The van der Waals surface area contributed by atoms with Crippen LogP contribution in [-0.2, 0) is 0 Å². The van der Waals surface area contributed by atoms with Crippen molar-refractivity contribution in [3.8, 4) is 11.5 Å². The summed E-state index contributed by atoms with van der Waals surface area (Å²) < 4.78 is 11.8. The van der Waals surface area contributed by atoms with Gasteiger partial charge in [-0.25, -0.2) is 0 Å². The molecule has 5 nitrogen and oxygen atoms in total. The van der Waals surface area contributed by atoms with Crippen molar-refractivity contribution in [2.45, 2.75) is 19.0 Å². The maximum Gasteiger partial charge on any atom is 0.174 e. The van der Waals surface area contributed by atoms with Gasteiger partial charge < -0.3 is 19.4 Å². The van der Waals surface area contributed by atoms with Gasteiger partial charge in [-0.2, -0.15) is 0 Å². The molecule has 0 amide bonds. The van der Waals surface area contributed by atoms with Gasteiger partial charge in [0.15, 0.2) is 5.11 Å². The van der Waals surface area contributed by atoms with Gasteiger partial charge in [0.2, 0.25) is 0 Å². The molecule has 5 rings (SSSR count). The number of benzene rings is 2. The molecular formula is C25H21N3O2S. The van der Waals surface area contributed by atoms with Gasteiger partial charge >= 0.3 is 0 Å². The summed E-state index contributed by atoms with van der Waals surface area (Å²) in [6, 6.07) is 25.4. The highest BCUT2D eigenvalue weighted by Crippen LogP contribution is 2.42. The molecule has 2 aromatic carbocycles. The molecule has 0 radical (unpaired) electrons. The Morgan fingerprint density at radius 3 is 2.48 bits per heavy atom. The Morgan fingerprint density at radius 2 is 1.77 bits per heavy atom. The molecule has 1 saturated heterocycles. The Bertz CT molecular complexity index is 1180. The average molecular weight is 428 g/mol. The molecular weight excluding hydrogens is 406 g/mol. The van der Waals surface area contributed by atoms with Gasteiger partial charge in [-0.1, -0.05) is 24.3 Å². The van der Waals surface area contributed by atoms with Crippen LogP contribution < -0.4 is 15.0 Å². The Kier molecular flexibility index (Phi) is 5.14. The Labute approximate surface area is 186 Å². The van der Waals surface area contributed by atoms with Crippen LogP contribution >= 0.6 is 12.2 Å². The number of thiocarbonyl (C=S) groups is 1. The fraction of sp³-hybridized carbons (Fsp3) is 0.120. The highest BCUT2D eigenvalue weighted by Gasteiger charge is 2.42. The zero-order valence-electron chi connectivity index (χ0n) is 16.9. The number of hydrogen-bond acceptors (Lipinski definition) is 4. The highest BCUT2D eigenvalue weighted by molar-refractivity contribution is 7.80. The lowest BCUT2D eigenvalue weighted by Crippen LogP contribution is -2.29. The van der Waals surface area contributed by atoms with Gasteiger partial charge in [0.1, 0.15) is 23.3 Å². The number of hydrogen-bond donors (Lipinski definition) is 1. The van der Waals surface area contributed by atoms with E-state index in [0.29, 0.717) is 5.11 Å². The smallest absolute Gasteiger partial charge is 0.174 e. The molecule has 1 fully saturated rings. The molecule has 0 aliphatic carbocycles. The second kappa shape index (κ2) is 8.24. The molecule has 4 aromatic rings. The number of pyridine rings is 1. The number of furan rings is 1. The van der Waals surface area contributed by atoms with Gasteiger partial charge in [0.25, 0.3) is 0 Å². The van der Waals surface area contributed by atoms with E-state index in [9.17, 15) is 0 Å². The lowest BCUT2D eigenvalue weighted by molar-refractivity contribution is 0.432. The fourth-order valence-corrected chi connectivity index (χ4v) is 4.20. The Morgan fingerprint density at radius 1 is 0.968 bits per heavy atom. The lowest BCUT2D eigenvalue weighted by atomic mass is 10.0. The monoisotopic (exact) mass is 427 g/mol. The molecule has 0 unspecified atom stereocenters. The molecule has 2 atom stereocenters. The molecule has 154 valence electrons. The first-order valence-corrected chi connectivity index (χ1v) is 10.5. The van der Waals surface area contributed by atoms with Gasteiger partial charge in [-0.15, -0.1) is 0 Å². The van der Waals surface area contributed by atoms with Crippen LogP contribution in [0.4, 0.5) is 5.69 Å². The van der Waals surface area contributed by atoms with E-state index in [4.69, 9.17) is 21.4 Å². The number of nitrogens with zero attached hydrogens (tertiary/aromatic N) is 2. The maximum atomic E-state index is 6.05. The molecule has 2 aromatic heterocycles. The summed E-state index contributed by atoms with van der Waals surface area (Å²) in [5, 5.41) is 4.05. The quantitative estimate of drug-likeness (QED) is 0.397. The fourth-order valence-electron chi connectivity index (χ4n) is 3.85. The van der Waals surface area contributed by atoms with E-state index in [1.807, 2.05) is 85.8 Å². The Hall–Kier alpha value is -3.64. The van der Waals surface area contributed by atoms with Gasteiger partial charge in [0, 0.05) is 11.9 Å². The first-order chi connectivity index (χ1) is 15.2. The number of aryl methyl sites for hydroxylation is 1. The molecule has 31 heavy (non-hydrogen) atoms. The molecule has 6 heteroatoms. The second-order valence-corrected chi connectivity index (χ2v) is 7.76. The maximum absolute atomic E-state index is 6.05. The van der Waals surface area contributed by atoms with Crippen LogP contribution in [0.1, 0.15) is 29.1 Å². The van der Waals surface area contributed by atoms with E-state index in [2.05, 4.69) is 15.2 Å². The van der Waals surface area contributed by atoms with E-state index in [1.54, 1.807) is 12.5 Å². The average Bonchev–Trinajstić information content (AvgIpc) is 3.44. The largest absolute Gasteiger partial charge is 0.467 e. The third kappa shape index (κ3) is 3.78. The van der Waals surface area contributed by atoms with Gasteiger partial charge in [-0.05, 0) is 79.3 Å². The van der Waals surface area contributed by atoms with E-state index in [1.165, 1.54) is 0 Å². The molecule has 0 bridgehead atoms. The van der Waals surface area contributed by atoms with Crippen molar-refractivity contribution in [3.63, 3.8) is 0 Å². The molecule has 0 spiro atoms. The van der Waals surface area contributed by atoms with Crippen molar-refractivity contribution < 1.29 is 9.15 Å². The van der Waals surface area contributed by atoms with Crippen molar-refractivity contribution in [3.05, 3.63) is 108 Å². The van der Waals surface area contributed by atoms with Crippen molar-refractivity contribution in [2.24, 2.45) is 0 Å². The minimum atomic E-state index is -0.152. The van der Waals surface area contributed by atoms with Crippen LogP contribution in [0.5, 0.6) is 11.5 Å². The zero-order chi connectivity index (χ0) is 21.2. The summed E-state index contributed by atoms with van der Waals surface area (Å²) in [4.78, 5) is 6.62. The predicted octanol–water partition coefficient (Wildman–Crippen LogP) is 5.95. The van der Waals surface area contributed by atoms with Crippen molar-refractivity contribution in [1.29, 1.82) is 0 Å². The standard InChI is InChI=1S/C25H21N3O2S/c1-17-7-2-3-9-21(17)30-19-13-11-18(12-14-19)28-24(22-10-6-16-29-22)23(27-25(28)31)20-8-4-5-15-26-20/h2-16,23-24H,1H3,(H,27,31)/t23-,24+/m0/s1. The zero-order valence-corrected chi connectivity index (χ0v) is 17.8. The molecule has 1 aliphatic heterocycles. The number of rotatable bonds is 5. The normalized spacial score (nSPS) is 18.1. The minimum Gasteiger partial charge on any atom is -0.467 e. The van der Waals surface area contributed by atoms with E-state index < -0.39 is 0 Å². The topological polar surface area (TPSA) is 50.5 Å². The number of ether oxygens (including phenoxy) is 1. The molecule has 1 N–H and O–H groups in total. The SMILES string of the molecule is Cc1ccccc1Oc1ccc(N2C(=S)N[C@@H](c3ccccn3)[C@H]2c2ccco2)cc1. The predicted molar refractivity (Wildman–Crippen MR) is 124 cm³/mol. The van der Waals surface area contributed by atoms with Crippen molar-refractivity contribution >= 4 is 23.0 Å². The summed E-state index contributed by atoms with van der Waals surface area (Å²) in [5.41, 5.74) is 2.95. The summed E-state index contributed by atoms with van der Waals surface area (Å²) in [6.07, 6.45) is 3.48. The number of nitrogens with one attached hydrogen (secondary N) is 1. The summed E-state index contributed by atoms with van der Waals surface area (Å²) in [7, 11) is 0. The summed E-state index contributed by atoms with van der Waals surface area (Å²) >= 11 is 5.72. The van der Waals surface area contributed by atoms with Gasteiger partial charge in [-0.3, -0.25) is 4.98 Å². The number of para-hydroxylation sites is 1.